The van der Waals surface area contributed by atoms with Gasteiger partial charge in [0.15, 0.2) is 0 Å². The third kappa shape index (κ3) is 2.46. The van der Waals surface area contributed by atoms with Gasteiger partial charge in [-0.15, -0.1) is 0 Å². The van der Waals surface area contributed by atoms with Crippen LogP contribution in [0.5, 0.6) is 0 Å². The minimum Gasteiger partial charge on any atom is -0.398 e. The molecule has 232 valence electrons. The van der Waals surface area contributed by atoms with E-state index in [-0.39, 0.29) is 56.9 Å². The molecule has 8 rings (SSSR count). The Kier molecular flexibility index (Phi) is 4.49. The summed E-state index contributed by atoms with van der Waals surface area (Å²) in [5.41, 5.74) is 103. The quantitative estimate of drug-likeness (QED) is 0.0861. The van der Waals surface area contributed by atoms with E-state index in [4.69, 9.17) is 80.3 Å². The Hall–Kier alpha value is -6.70. The predicted octanol–water partition coefficient (Wildman–Crippen LogP) is 3.21. The monoisotopic (exact) mass is 614 g/mol. The molecule has 0 heterocycles. The fourth-order valence-corrected chi connectivity index (χ4v) is 7.94. The molecule has 46 heavy (non-hydrogen) atoms. The van der Waals surface area contributed by atoms with Crippen LogP contribution >= 0.6 is 0 Å². The minimum absolute atomic E-state index is 0.0842. The molecule has 0 unspecified atom stereocenters. The van der Waals surface area contributed by atoms with E-state index in [2.05, 4.69) is 0 Å². The van der Waals surface area contributed by atoms with Crippen LogP contribution in [0.2, 0.25) is 0 Å². The first kappa shape index (κ1) is 26.9. The molecule has 14 heteroatoms. The lowest BCUT2D eigenvalue weighted by atomic mass is 9.88. The summed E-state index contributed by atoms with van der Waals surface area (Å²) in [7, 11) is 0. The highest BCUT2D eigenvalue weighted by Gasteiger charge is 2.42. The Balaban J connectivity index is 1.67. The van der Waals surface area contributed by atoms with Crippen LogP contribution in [-0.2, 0) is 0 Å². The zero-order valence-corrected chi connectivity index (χ0v) is 25.1. The molecule has 2 aliphatic carbocycles. The van der Waals surface area contributed by atoms with Crippen molar-refractivity contribution >= 4 is 112 Å². The van der Waals surface area contributed by atoms with Gasteiger partial charge in [-0.3, -0.25) is 0 Å². The molecule has 6 aromatic rings. The van der Waals surface area contributed by atoms with Gasteiger partial charge in [-0.05, 0) is 25.0 Å². The summed E-state index contributed by atoms with van der Waals surface area (Å²) in [6.07, 6.45) is 0. The lowest BCUT2D eigenvalue weighted by Gasteiger charge is -2.22. The van der Waals surface area contributed by atoms with E-state index in [1.165, 1.54) is 0 Å². The van der Waals surface area contributed by atoms with Crippen molar-refractivity contribution in [1.29, 1.82) is 0 Å². The van der Waals surface area contributed by atoms with Crippen LogP contribution in [0.25, 0.3) is 76.8 Å². The summed E-state index contributed by atoms with van der Waals surface area (Å²) in [6, 6.07) is 0. The molecule has 0 aliphatic heterocycles. The summed E-state index contributed by atoms with van der Waals surface area (Å²) in [6.45, 7) is 3.75. The molecule has 0 fully saturated rings. The fourth-order valence-electron chi connectivity index (χ4n) is 7.94. The van der Waals surface area contributed by atoms with E-state index in [9.17, 15) is 0 Å². The molecule has 0 aromatic heterocycles. The SMILES string of the molecule is Cc1c(C)c(N)c2c(N)c3c(c(N)c2c1N)-c1c(N)c(N)c2c4c(c(N)c(N)c-3c14)-c1c-2c(N)c2c(N)c(N)c(N)c(N)c2c1N. The van der Waals surface area contributed by atoms with Crippen LogP contribution in [0.4, 0.5) is 79.6 Å². The van der Waals surface area contributed by atoms with Crippen LogP contribution in [0.1, 0.15) is 11.1 Å². The van der Waals surface area contributed by atoms with Crippen LogP contribution < -0.4 is 80.3 Å². The third-order valence-electron chi connectivity index (χ3n) is 10.4. The van der Waals surface area contributed by atoms with Crippen molar-refractivity contribution in [2.45, 2.75) is 13.8 Å². The lowest BCUT2D eigenvalue weighted by Crippen LogP contribution is -2.09. The Labute approximate surface area is 261 Å². The Bertz CT molecular complexity index is 2230. The summed E-state index contributed by atoms with van der Waals surface area (Å²) in [4.78, 5) is 0. The maximum atomic E-state index is 6.99. The van der Waals surface area contributed by atoms with Gasteiger partial charge in [0, 0.05) is 88.2 Å². The fraction of sp³-hybridized carbons (Fsp3) is 0.0625. The second-order valence-electron chi connectivity index (χ2n) is 12.3. The van der Waals surface area contributed by atoms with Gasteiger partial charge in [0.25, 0.3) is 0 Å². The van der Waals surface area contributed by atoms with Crippen molar-refractivity contribution in [3.8, 4) is 44.5 Å². The van der Waals surface area contributed by atoms with Gasteiger partial charge in [-0.2, -0.15) is 0 Å². The van der Waals surface area contributed by atoms with E-state index in [1.54, 1.807) is 0 Å². The number of fused-ring (bicyclic) bond motifs is 8. The van der Waals surface area contributed by atoms with Crippen LogP contribution in [0, 0.1) is 13.8 Å². The third-order valence-corrected chi connectivity index (χ3v) is 10.4. The highest BCUT2D eigenvalue weighted by atomic mass is 14.8. The van der Waals surface area contributed by atoms with Crippen LogP contribution in [0.15, 0.2) is 0 Å². The number of hydrogen-bond acceptors (Lipinski definition) is 14. The first-order valence-electron chi connectivity index (χ1n) is 14.3. The first-order chi connectivity index (χ1) is 21.6. The number of rotatable bonds is 0. The van der Waals surface area contributed by atoms with Crippen molar-refractivity contribution in [1.82, 2.24) is 0 Å². The van der Waals surface area contributed by atoms with Gasteiger partial charge >= 0.3 is 0 Å². The standard InChI is InChI=1S/C32H34N14/c1-3-4(2)20(34)16-15(19(3)33)21(35)11-7-5-6-9(27(41)25(7)39)13-14(10(6)28(42)26(40)8(5)12(11)22(16)36)24(38)18-17(23(13)37)29(43)31(45)32(46)30(18)44/h33-46H2,1-2H3. The average Bonchev–Trinajstić information content (AvgIpc) is 3.57. The summed E-state index contributed by atoms with van der Waals surface area (Å²) >= 11 is 0. The normalized spacial score (nSPS) is 12.5. The molecule has 14 nitrogen and oxygen atoms in total. The maximum Gasteiger partial charge on any atom is 0.0810 e. The summed E-state index contributed by atoms with van der Waals surface area (Å²) in [5, 5.41) is 2.97. The summed E-state index contributed by atoms with van der Waals surface area (Å²) in [5.74, 6) is 0. The van der Waals surface area contributed by atoms with Crippen molar-refractivity contribution in [3.05, 3.63) is 11.1 Å². The second kappa shape index (κ2) is 7.68. The number of anilines is 14. The summed E-state index contributed by atoms with van der Waals surface area (Å²) < 4.78 is 0. The Morgan fingerprint density at radius 1 is 0.196 bits per heavy atom. The number of hydrogen-bond donors (Lipinski definition) is 14. The lowest BCUT2D eigenvalue weighted by molar-refractivity contribution is 1.37. The molecule has 0 spiro atoms. The van der Waals surface area contributed by atoms with Crippen LogP contribution in [-0.4, -0.2) is 0 Å². The van der Waals surface area contributed by atoms with E-state index in [1.807, 2.05) is 13.8 Å². The van der Waals surface area contributed by atoms with E-state index < -0.39 is 0 Å². The molecular formula is C32H34N14. The van der Waals surface area contributed by atoms with Crippen molar-refractivity contribution in [2.75, 3.05) is 80.3 Å². The van der Waals surface area contributed by atoms with Gasteiger partial charge in [-0.1, -0.05) is 0 Å². The van der Waals surface area contributed by atoms with Crippen LogP contribution in [0.3, 0.4) is 0 Å². The van der Waals surface area contributed by atoms with Gasteiger partial charge in [0.1, 0.15) is 0 Å². The molecule has 0 amide bonds. The Morgan fingerprint density at radius 3 is 0.652 bits per heavy atom. The topological polar surface area (TPSA) is 364 Å². The molecule has 0 bridgehead atoms. The number of nitrogen functional groups attached to an aromatic ring is 14. The van der Waals surface area contributed by atoms with Crippen molar-refractivity contribution < 1.29 is 0 Å². The number of benzene rings is 6. The minimum atomic E-state index is 0.0842. The number of nitrogens with two attached hydrogens (primary N) is 14. The highest BCUT2D eigenvalue weighted by Crippen LogP contribution is 2.69. The van der Waals surface area contributed by atoms with E-state index in [0.717, 1.165) is 11.1 Å². The maximum absolute atomic E-state index is 6.99. The van der Waals surface area contributed by atoms with E-state index in [0.29, 0.717) is 99.6 Å². The molecule has 0 saturated carbocycles. The van der Waals surface area contributed by atoms with Gasteiger partial charge in [0.2, 0.25) is 0 Å². The van der Waals surface area contributed by atoms with Gasteiger partial charge in [-0.25, -0.2) is 0 Å². The highest BCUT2D eigenvalue weighted by molar-refractivity contribution is 6.42. The zero-order valence-electron chi connectivity index (χ0n) is 25.1. The van der Waals surface area contributed by atoms with Crippen molar-refractivity contribution in [2.24, 2.45) is 0 Å². The smallest absolute Gasteiger partial charge is 0.0810 e. The molecule has 0 radical (unpaired) electrons. The molecule has 0 atom stereocenters. The second-order valence-corrected chi connectivity index (χ2v) is 12.3. The zero-order chi connectivity index (χ0) is 33.3. The molecule has 0 saturated heterocycles. The van der Waals surface area contributed by atoms with E-state index >= 15 is 0 Å². The average molecular weight is 615 g/mol. The largest absolute Gasteiger partial charge is 0.398 e. The molecule has 28 N–H and O–H groups in total. The molecular weight excluding hydrogens is 580 g/mol. The van der Waals surface area contributed by atoms with Gasteiger partial charge < -0.3 is 80.3 Å². The van der Waals surface area contributed by atoms with Crippen molar-refractivity contribution in [3.63, 3.8) is 0 Å². The van der Waals surface area contributed by atoms with Gasteiger partial charge in [0.05, 0.1) is 68.2 Å². The molecule has 6 aromatic carbocycles. The Morgan fingerprint density at radius 2 is 0.413 bits per heavy atom. The first-order valence-corrected chi connectivity index (χ1v) is 14.3. The predicted molar refractivity (Wildman–Crippen MR) is 199 cm³/mol. The molecule has 2 aliphatic rings.